The van der Waals surface area contributed by atoms with E-state index in [1.807, 2.05) is 32.0 Å². The first-order valence-corrected chi connectivity index (χ1v) is 7.76. The Bertz CT molecular complexity index is 477. The van der Waals surface area contributed by atoms with Crippen LogP contribution >= 0.6 is 0 Å². The summed E-state index contributed by atoms with van der Waals surface area (Å²) in [5, 5.41) is 9.82. The quantitative estimate of drug-likeness (QED) is 0.871. The Labute approximate surface area is 103 Å². The Morgan fingerprint density at radius 2 is 1.94 bits per heavy atom. The van der Waals surface area contributed by atoms with Gasteiger partial charge in [-0.1, -0.05) is 23.8 Å². The first-order chi connectivity index (χ1) is 7.78. The standard InChI is InChI=1S/C13H20O3S/c1-10-4-5-11(2)12(8-10)9-13(14)6-7-17(3,15)16/h4-5,8,13-14H,6-7,9H2,1-3H3. The van der Waals surface area contributed by atoms with Crippen molar-refractivity contribution in [2.24, 2.45) is 0 Å². The fourth-order valence-electron chi connectivity index (χ4n) is 1.73. The normalized spacial score (nSPS) is 13.6. The average molecular weight is 256 g/mol. The smallest absolute Gasteiger partial charge is 0.147 e. The highest BCUT2D eigenvalue weighted by Crippen LogP contribution is 2.14. The second-order valence-corrected chi connectivity index (χ2v) is 6.97. The number of rotatable bonds is 5. The molecule has 0 heterocycles. The van der Waals surface area contributed by atoms with E-state index in [0.29, 0.717) is 12.8 Å². The molecule has 0 aliphatic rings. The molecule has 0 amide bonds. The maximum Gasteiger partial charge on any atom is 0.147 e. The van der Waals surface area contributed by atoms with Crippen LogP contribution in [0.5, 0.6) is 0 Å². The van der Waals surface area contributed by atoms with Gasteiger partial charge in [0, 0.05) is 6.26 Å². The zero-order chi connectivity index (χ0) is 13.1. The van der Waals surface area contributed by atoms with E-state index in [1.54, 1.807) is 0 Å². The summed E-state index contributed by atoms with van der Waals surface area (Å²) < 4.78 is 22.0. The lowest BCUT2D eigenvalue weighted by molar-refractivity contribution is 0.171. The maximum absolute atomic E-state index is 11.0. The third kappa shape index (κ3) is 5.33. The Hall–Kier alpha value is -0.870. The van der Waals surface area contributed by atoms with Crippen molar-refractivity contribution >= 4 is 9.84 Å². The topological polar surface area (TPSA) is 54.4 Å². The molecule has 1 atom stereocenters. The summed E-state index contributed by atoms with van der Waals surface area (Å²) in [6.07, 6.45) is 1.41. The van der Waals surface area contributed by atoms with E-state index < -0.39 is 15.9 Å². The highest BCUT2D eigenvalue weighted by atomic mass is 32.2. The number of hydrogen-bond acceptors (Lipinski definition) is 3. The second-order valence-electron chi connectivity index (χ2n) is 4.71. The molecule has 0 aromatic heterocycles. The summed E-state index contributed by atoms with van der Waals surface area (Å²) in [5.41, 5.74) is 3.38. The molecular weight excluding hydrogens is 236 g/mol. The van der Waals surface area contributed by atoms with E-state index in [4.69, 9.17) is 0 Å². The zero-order valence-corrected chi connectivity index (χ0v) is 11.4. The van der Waals surface area contributed by atoms with Crippen molar-refractivity contribution in [2.45, 2.75) is 32.8 Å². The van der Waals surface area contributed by atoms with Crippen molar-refractivity contribution in [3.8, 4) is 0 Å². The molecule has 17 heavy (non-hydrogen) atoms. The molecule has 0 spiro atoms. The number of aryl methyl sites for hydroxylation is 2. The molecule has 3 nitrogen and oxygen atoms in total. The molecule has 0 aliphatic carbocycles. The van der Waals surface area contributed by atoms with Crippen LogP contribution in [0.4, 0.5) is 0 Å². The Morgan fingerprint density at radius 3 is 2.53 bits per heavy atom. The van der Waals surface area contributed by atoms with Crippen molar-refractivity contribution < 1.29 is 13.5 Å². The largest absolute Gasteiger partial charge is 0.393 e. The molecule has 4 heteroatoms. The van der Waals surface area contributed by atoms with E-state index in [9.17, 15) is 13.5 Å². The molecule has 1 rings (SSSR count). The van der Waals surface area contributed by atoms with Gasteiger partial charge in [-0.25, -0.2) is 8.42 Å². The number of aliphatic hydroxyl groups excluding tert-OH is 1. The van der Waals surface area contributed by atoms with E-state index in [0.717, 1.165) is 16.7 Å². The predicted molar refractivity (Wildman–Crippen MR) is 70.0 cm³/mol. The van der Waals surface area contributed by atoms with Crippen LogP contribution in [0.3, 0.4) is 0 Å². The van der Waals surface area contributed by atoms with Gasteiger partial charge < -0.3 is 5.11 Å². The summed E-state index contributed by atoms with van der Waals surface area (Å²) in [7, 11) is -2.99. The number of hydrogen-bond donors (Lipinski definition) is 1. The van der Waals surface area contributed by atoms with Gasteiger partial charge in [-0.15, -0.1) is 0 Å². The van der Waals surface area contributed by atoms with Crippen LogP contribution in [0.1, 0.15) is 23.1 Å². The second kappa shape index (κ2) is 5.65. The van der Waals surface area contributed by atoms with Crippen LogP contribution in [-0.4, -0.2) is 31.6 Å². The van der Waals surface area contributed by atoms with Gasteiger partial charge in [-0.05, 0) is 37.8 Å². The molecule has 1 N–H and O–H groups in total. The summed E-state index contributed by atoms with van der Waals surface area (Å²) in [6.45, 7) is 4.00. The minimum atomic E-state index is -2.99. The van der Waals surface area contributed by atoms with Crippen molar-refractivity contribution in [1.82, 2.24) is 0 Å². The minimum Gasteiger partial charge on any atom is -0.393 e. The van der Waals surface area contributed by atoms with Gasteiger partial charge in [0.1, 0.15) is 9.84 Å². The van der Waals surface area contributed by atoms with Gasteiger partial charge in [-0.2, -0.15) is 0 Å². The van der Waals surface area contributed by atoms with E-state index in [-0.39, 0.29) is 5.75 Å². The van der Waals surface area contributed by atoms with Crippen molar-refractivity contribution in [3.05, 3.63) is 34.9 Å². The van der Waals surface area contributed by atoms with Crippen molar-refractivity contribution in [2.75, 3.05) is 12.0 Å². The van der Waals surface area contributed by atoms with Gasteiger partial charge in [0.25, 0.3) is 0 Å². The molecule has 0 saturated carbocycles. The van der Waals surface area contributed by atoms with Gasteiger partial charge in [0.15, 0.2) is 0 Å². The average Bonchev–Trinajstić information content (AvgIpc) is 2.20. The van der Waals surface area contributed by atoms with Crippen LogP contribution in [-0.2, 0) is 16.3 Å². The molecule has 1 aromatic rings. The van der Waals surface area contributed by atoms with Gasteiger partial charge in [0.2, 0.25) is 0 Å². The van der Waals surface area contributed by atoms with Gasteiger partial charge >= 0.3 is 0 Å². The predicted octanol–water partition coefficient (Wildman–Crippen LogP) is 1.64. The number of aliphatic hydroxyl groups is 1. The van der Waals surface area contributed by atoms with Crippen molar-refractivity contribution in [1.29, 1.82) is 0 Å². The molecule has 0 radical (unpaired) electrons. The zero-order valence-electron chi connectivity index (χ0n) is 10.6. The SMILES string of the molecule is Cc1ccc(C)c(CC(O)CCS(C)(=O)=O)c1. The summed E-state index contributed by atoms with van der Waals surface area (Å²) >= 11 is 0. The highest BCUT2D eigenvalue weighted by Gasteiger charge is 2.11. The van der Waals surface area contributed by atoms with Crippen LogP contribution < -0.4 is 0 Å². The fourth-order valence-corrected chi connectivity index (χ4v) is 2.43. The summed E-state index contributed by atoms with van der Waals surface area (Å²) in [6, 6.07) is 6.09. The molecule has 96 valence electrons. The number of sulfone groups is 1. The van der Waals surface area contributed by atoms with Crippen LogP contribution in [0.2, 0.25) is 0 Å². The van der Waals surface area contributed by atoms with Crippen LogP contribution in [0.15, 0.2) is 18.2 Å². The Balaban J connectivity index is 2.62. The lowest BCUT2D eigenvalue weighted by atomic mass is 9.99. The molecule has 1 aromatic carbocycles. The lowest BCUT2D eigenvalue weighted by Gasteiger charge is -2.12. The first kappa shape index (κ1) is 14.2. The van der Waals surface area contributed by atoms with Crippen LogP contribution in [0, 0.1) is 13.8 Å². The van der Waals surface area contributed by atoms with Gasteiger partial charge in [-0.3, -0.25) is 0 Å². The van der Waals surface area contributed by atoms with E-state index >= 15 is 0 Å². The first-order valence-electron chi connectivity index (χ1n) is 5.70. The Kier molecular flexibility index (Phi) is 4.71. The molecular formula is C13H20O3S. The summed E-state index contributed by atoms with van der Waals surface area (Å²) in [4.78, 5) is 0. The van der Waals surface area contributed by atoms with Crippen LogP contribution in [0.25, 0.3) is 0 Å². The lowest BCUT2D eigenvalue weighted by Crippen LogP contribution is -2.16. The third-order valence-electron chi connectivity index (χ3n) is 2.78. The fraction of sp³-hybridized carbons (Fsp3) is 0.538. The number of benzene rings is 1. The molecule has 1 unspecified atom stereocenters. The van der Waals surface area contributed by atoms with E-state index in [2.05, 4.69) is 0 Å². The monoisotopic (exact) mass is 256 g/mol. The third-order valence-corrected chi connectivity index (χ3v) is 3.76. The highest BCUT2D eigenvalue weighted by molar-refractivity contribution is 7.90. The maximum atomic E-state index is 11.0. The van der Waals surface area contributed by atoms with Crippen molar-refractivity contribution in [3.63, 3.8) is 0 Å². The minimum absolute atomic E-state index is 0.0407. The van der Waals surface area contributed by atoms with E-state index in [1.165, 1.54) is 6.26 Å². The Morgan fingerprint density at radius 1 is 1.29 bits per heavy atom. The molecule has 0 fully saturated rings. The molecule has 0 aliphatic heterocycles. The van der Waals surface area contributed by atoms with Gasteiger partial charge in [0.05, 0.1) is 11.9 Å². The molecule has 0 saturated heterocycles. The summed E-state index contributed by atoms with van der Waals surface area (Å²) in [5.74, 6) is 0.0407. The molecule has 0 bridgehead atoms.